The lowest BCUT2D eigenvalue weighted by Crippen LogP contribution is -2.37. The summed E-state index contributed by atoms with van der Waals surface area (Å²) in [6.45, 7) is 5.53. The molecule has 0 atom stereocenters. The Hall–Kier alpha value is -0.340. The Morgan fingerprint density at radius 3 is 2.42 bits per heavy atom. The summed E-state index contributed by atoms with van der Waals surface area (Å²) in [5.74, 6) is 1.72. The second-order valence-corrected chi connectivity index (χ2v) is 7.41. The summed E-state index contributed by atoms with van der Waals surface area (Å²) in [5, 5.41) is 0. The average Bonchev–Trinajstić information content (AvgIpc) is 2.42. The van der Waals surface area contributed by atoms with Gasteiger partial charge in [0.2, 0.25) is 0 Å². The molecule has 0 amide bonds. The molecule has 1 nitrogen and oxygen atoms in total. The van der Waals surface area contributed by atoms with Crippen LogP contribution in [0.5, 0.6) is 0 Å². The lowest BCUT2D eigenvalue weighted by molar-refractivity contribution is 0.132. The zero-order valence-electron chi connectivity index (χ0n) is 12.2. The van der Waals surface area contributed by atoms with E-state index in [1.807, 2.05) is 0 Å². The van der Waals surface area contributed by atoms with Gasteiger partial charge >= 0.3 is 0 Å². The summed E-state index contributed by atoms with van der Waals surface area (Å²) >= 11 is 3.67. The fourth-order valence-electron chi connectivity index (χ4n) is 3.42. The van der Waals surface area contributed by atoms with Crippen molar-refractivity contribution in [2.75, 3.05) is 6.54 Å². The fourth-order valence-corrected chi connectivity index (χ4v) is 3.84. The van der Waals surface area contributed by atoms with Gasteiger partial charge in [0.1, 0.15) is 0 Å². The molecule has 1 saturated carbocycles. The van der Waals surface area contributed by atoms with Crippen LogP contribution in [-0.4, -0.2) is 6.54 Å². The van der Waals surface area contributed by atoms with Gasteiger partial charge in [0, 0.05) is 4.47 Å². The predicted octanol–water partition coefficient (Wildman–Crippen LogP) is 4.78. The molecule has 2 heteroatoms. The Morgan fingerprint density at radius 1 is 1.26 bits per heavy atom. The van der Waals surface area contributed by atoms with Crippen molar-refractivity contribution in [2.24, 2.45) is 23.0 Å². The second-order valence-electron chi connectivity index (χ2n) is 6.55. The van der Waals surface area contributed by atoms with Gasteiger partial charge in [0.25, 0.3) is 0 Å². The van der Waals surface area contributed by atoms with Crippen molar-refractivity contribution in [3.05, 3.63) is 34.3 Å². The van der Waals surface area contributed by atoms with Crippen molar-refractivity contribution in [2.45, 2.75) is 46.0 Å². The largest absolute Gasteiger partial charge is 0.330 e. The molecule has 1 aliphatic carbocycles. The molecule has 0 heterocycles. The molecule has 106 valence electrons. The predicted molar refractivity (Wildman–Crippen MR) is 86.1 cm³/mol. The molecular weight excluding hydrogens is 298 g/mol. The molecule has 1 aromatic carbocycles. The zero-order valence-corrected chi connectivity index (χ0v) is 13.7. The summed E-state index contributed by atoms with van der Waals surface area (Å²) < 4.78 is 1.23. The van der Waals surface area contributed by atoms with Crippen molar-refractivity contribution < 1.29 is 0 Å². The van der Waals surface area contributed by atoms with Crippen LogP contribution in [0, 0.1) is 17.3 Å². The standard InChI is InChI=1S/C17H26BrN/c1-13(2)14-7-9-17(12-19,10-8-14)11-15-5-3-4-6-16(15)18/h3-6,13-14H,7-12,19H2,1-2H3. The van der Waals surface area contributed by atoms with Gasteiger partial charge in [-0.25, -0.2) is 0 Å². The first kappa shape index (κ1) is 15.1. The Kier molecular flexibility index (Phi) is 5.08. The van der Waals surface area contributed by atoms with Crippen LogP contribution in [0.4, 0.5) is 0 Å². The van der Waals surface area contributed by atoms with Crippen molar-refractivity contribution >= 4 is 15.9 Å². The van der Waals surface area contributed by atoms with E-state index >= 15 is 0 Å². The number of hydrogen-bond donors (Lipinski definition) is 1. The van der Waals surface area contributed by atoms with E-state index in [0.717, 1.165) is 24.8 Å². The van der Waals surface area contributed by atoms with E-state index in [1.165, 1.54) is 35.7 Å². The third-order valence-corrected chi connectivity index (χ3v) is 5.76. The number of hydrogen-bond acceptors (Lipinski definition) is 1. The van der Waals surface area contributed by atoms with E-state index in [0.29, 0.717) is 5.41 Å². The highest BCUT2D eigenvalue weighted by Gasteiger charge is 2.35. The van der Waals surface area contributed by atoms with Gasteiger partial charge in [0.15, 0.2) is 0 Å². The lowest BCUT2D eigenvalue weighted by Gasteiger charge is -2.41. The molecule has 0 bridgehead atoms. The number of halogens is 1. The number of nitrogens with two attached hydrogens (primary N) is 1. The summed E-state index contributed by atoms with van der Waals surface area (Å²) in [4.78, 5) is 0. The minimum Gasteiger partial charge on any atom is -0.330 e. The van der Waals surface area contributed by atoms with E-state index in [9.17, 15) is 0 Å². The van der Waals surface area contributed by atoms with Crippen LogP contribution in [0.15, 0.2) is 28.7 Å². The van der Waals surface area contributed by atoms with Crippen molar-refractivity contribution in [3.63, 3.8) is 0 Å². The van der Waals surface area contributed by atoms with Crippen molar-refractivity contribution in [1.29, 1.82) is 0 Å². The molecule has 1 aromatic rings. The SMILES string of the molecule is CC(C)C1CCC(CN)(Cc2ccccc2Br)CC1. The Labute approximate surface area is 126 Å². The first-order chi connectivity index (χ1) is 9.06. The molecule has 0 radical (unpaired) electrons. The normalized spacial score (nSPS) is 27.7. The molecular formula is C17H26BrN. The van der Waals surface area contributed by atoms with Crippen LogP contribution in [0.3, 0.4) is 0 Å². The van der Waals surface area contributed by atoms with Crippen molar-refractivity contribution in [1.82, 2.24) is 0 Å². The van der Waals surface area contributed by atoms with Gasteiger partial charge in [-0.3, -0.25) is 0 Å². The number of benzene rings is 1. The zero-order chi connectivity index (χ0) is 13.9. The maximum atomic E-state index is 6.14. The topological polar surface area (TPSA) is 26.0 Å². The molecule has 2 rings (SSSR count). The Balaban J connectivity index is 2.07. The van der Waals surface area contributed by atoms with Crippen LogP contribution < -0.4 is 5.73 Å². The minimum atomic E-state index is 0.329. The summed E-state index contributed by atoms with van der Waals surface area (Å²) in [6, 6.07) is 8.58. The van der Waals surface area contributed by atoms with Crippen LogP contribution in [0.2, 0.25) is 0 Å². The fraction of sp³-hybridized carbons (Fsp3) is 0.647. The molecule has 0 aromatic heterocycles. The summed E-state index contributed by atoms with van der Waals surface area (Å²) in [5.41, 5.74) is 7.88. The van der Waals surface area contributed by atoms with E-state index in [4.69, 9.17) is 5.73 Å². The van der Waals surface area contributed by atoms with Gasteiger partial charge in [0.05, 0.1) is 0 Å². The third kappa shape index (κ3) is 3.61. The highest BCUT2D eigenvalue weighted by molar-refractivity contribution is 9.10. The van der Waals surface area contributed by atoms with E-state index in [1.54, 1.807) is 0 Å². The van der Waals surface area contributed by atoms with Gasteiger partial charge in [-0.05, 0) is 67.5 Å². The maximum absolute atomic E-state index is 6.14. The van der Waals surface area contributed by atoms with E-state index in [2.05, 4.69) is 54.0 Å². The van der Waals surface area contributed by atoms with Crippen LogP contribution >= 0.6 is 15.9 Å². The van der Waals surface area contributed by atoms with Crippen molar-refractivity contribution in [3.8, 4) is 0 Å². The quantitative estimate of drug-likeness (QED) is 0.847. The van der Waals surface area contributed by atoms with E-state index in [-0.39, 0.29) is 0 Å². The molecule has 19 heavy (non-hydrogen) atoms. The van der Waals surface area contributed by atoms with E-state index < -0.39 is 0 Å². The molecule has 2 N–H and O–H groups in total. The number of rotatable bonds is 4. The lowest BCUT2D eigenvalue weighted by atomic mass is 9.65. The first-order valence-corrected chi connectivity index (χ1v) is 8.29. The highest BCUT2D eigenvalue weighted by atomic mass is 79.9. The molecule has 0 unspecified atom stereocenters. The summed E-state index contributed by atoms with van der Waals surface area (Å²) in [7, 11) is 0. The minimum absolute atomic E-state index is 0.329. The van der Waals surface area contributed by atoms with Gasteiger partial charge in [-0.1, -0.05) is 48.0 Å². The Morgan fingerprint density at radius 2 is 1.89 bits per heavy atom. The van der Waals surface area contributed by atoms with Crippen LogP contribution in [0.25, 0.3) is 0 Å². The third-order valence-electron chi connectivity index (χ3n) is 4.99. The van der Waals surface area contributed by atoms with Crippen LogP contribution in [-0.2, 0) is 6.42 Å². The highest BCUT2D eigenvalue weighted by Crippen LogP contribution is 2.43. The molecule has 0 spiro atoms. The second kappa shape index (κ2) is 6.41. The van der Waals surface area contributed by atoms with Gasteiger partial charge in [-0.2, -0.15) is 0 Å². The molecule has 1 aliphatic rings. The van der Waals surface area contributed by atoms with Gasteiger partial charge in [-0.15, -0.1) is 0 Å². The average molecular weight is 324 g/mol. The monoisotopic (exact) mass is 323 g/mol. The molecule has 0 saturated heterocycles. The summed E-state index contributed by atoms with van der Waals surface area (Å²) in [6.07, 6.45) is 6.38. The Bertz CT molecular complexity index is 405. The molecule has 1 fully saturated rings. The van der Waals surface area contributed by atoms with Crippen LogP contribution in [0.1, 0.15) is 45.1 Å². The maximum Gasteiger partial charge on any atom is 0.0207 e. The first-order valence-electron chi connectivity index (χ1n) is 7.50. The smallest absolute Gasteiger partial charge is 0.0207 e. The van der Waals surface area contributed by atoms with Gasteiger partial charge < -0.3 is 5.73 Å². The molecule has 0 aliphatic heterocycles.